The van der Waals surface area contributed by atoms with Gasteiger partial charge in [-0.15, -0.1) is 0 Å². The Labute approximate surface area is 149 Å². The fourth-order valence-electron chi connectivity index (χ4n) is 2.73. The summed E-state index contributed by atoms with van der Waals surface area (Å²) in [6.07, 6.45) is 0. The first-order valence-electron chi connectivity index (χ1n) is 7.74. The normalized spacial score (nSPS) is 14.3. The zero-order valence-corrected chi connectivity index (χ0v) is 14.5. The van der Waals surface area contributed by atoms with Crippen LogP contribution >= 0.6 is 0 Å². The highest BCUT2D eigenvalue weighted by atomic mass is 16.5. The predicted molar refractivity (Wildman–Crippen MR) is 95.2 cm³/mol. The molecular weight excluding hydrogens is 336 g/mol. The number of rotatable bonds is 3. The summed E-state index contributed by atoms with van der Waals surface area (Å²) in [7, 11) is 4.14. The number of nitrogens with zero attached hydrogens (tertiary/aromatic N) is 2. The largest absolute Gasteiger partial charge is 0.465 e. The number of esters is 2. The van der Waals surface area contributed by atoms with Crippen molar-refractivity contribution in [3.05, 3.63) is 59.2 Å². The third kappa shape index (κ3) is 2.95. The minimum atomic E-state index is -0.618. The molecule has 0 fully saturated rings. The molecule has 2 aromatic carbocycles. The number of para-hydroxylation sites is 1. The van der Waals surface area contributed by atoms with Gasteiger partial charge in [-0.2, -0.15) is 0 Å². The molecule has 7 nitrogen and oxygen atoms in total. The van der Waals surface area contributed by atoms with Gasteiger partial charge in [-0.1, -0.05) is 18.2 Å². The van der Waals surface area contributed by atoms with Crippen LogP contribution in [0.4, 0.5) is 11.4 Å². The first kappa shape index (κ1) is 17.3. The van der Waals surface area contributed by atoms with E-state index in [2.05, 4.69) is 4.99 Å². The number of benzene rings is 2. The maximum absolute atomic E-state index is 12.5. The number of hydrogen-bond acceptors (Lipinski definition) is 6. The molecule has 0 unspecified atom stereocenters. The zero-order chi connectivity index (χ0) is 18.8. The Morgan fingerprint density at radius 3 is 2.12 bits per heavy atom. The van der Waals surface area contributed by atoms with Crippen LogP contribution in [-0.2, 0) is 14.3 Å². The molecule has 1 aliphatic rings. The van der Waals surface area contributed by atoms with Crippen molar-refractivity contribution >= 4 is 34.9 Å². The number of hydrogen-bond donors (Lipinski definition) is 0. The Hall–Kier alpha value is -3.48. The molecule has 0 aliphatic carbocycles. The van der Waals surface area contributed by atoms with Crippen LogP contribution in [0.15, 0.2) is 47.5 Å². The second-order valence-corrected chi connectivity index (χ2v) is 5.59. The van der Waals surface area contributed by atoms with Crippen LogP contribution in [0, 0.1) is 0 Å². The molecule has 3 rings (SSSR count). The van der Waals surface area contributed by atoms with Crippen LogP contribution < -0.4 is 4.90 Å². The number of likely N-dealkylation sites (N-methyl/N-ethyl adjacent to an activating group) is 1. The van der Waals surface area contributed by atoms with Crippen LogP contribution in [-0.4, -0.2) is 44.8 Å². The predicted octanol–water partition coefficient (Wildman–Crippen LogP) is 2.36. The van der Waals surface area contributed by atoms with Crippen molar-refractivity contribution < 1.29 is 23.9 Å². The van der Waals surface area contributed by atoms with Gasteiger partial charge in [0.2, 0.25) is 0 Å². The molecule has 0 atom stereocenters. The fourth-order valence-corrected chi connectivity index (χ4v) is 2.73. The van der Waals surface area contributed by atoms with Crippen molar-refractivity contribution in [1.29, 1.82) is 0 Å². The van der Waals surface area contributed by atoms with E-state index >= 15 is 0 Å². The van der Waals surface area contributed by atoms with Crippen molar-refractivity contribution in [3.63, 3.8) is 0 Å². The lowest BCUT2D eigenvalue weighted by atomic mass is 10.1. The number of methoxy groups -OCH3 is 2. The molecule has 1 amide bonds. The van der Waals surface area contributed by atoms with Crippen LogP contribution in [0.5, 0.6) is 0 Å². The molecule has 0 radical (unpaired) electrons. The van der Waals surface area contributed by atoms with E-state index in [9.17, 15) is 14.4 Å². The highest BCUT2D eigenvalue weighted by Crippen LogP contribution is 2.30. The number of amides is 1. The van der Waals surface area contributed by atoms with Gasteiger partial charge in [0.25, 0.3) is 5.91 Å². The molecule has 26 heavy (non-hydrogen) atoms. The molecule has 0 saturated carbocycles. The van der Waals surface area contributed by atoms with E-state index in [4.69, 9.17) is 9.47 Å². The van der Waals surface area contributed by atoms with Crippen LogP contribution in [0.3, 0.4) is 0 Å². The molecule has 1 aliphatic heterocycles. The Balaban J connectivity index is 2.15. The topological polar surface area (TPSA) is 85.3 Å². The van der Waals surface area contributed by atoms with Gasteiger partial charge < -0.3 is 14.4 Å². The number of carbonyl (C=O) groups excluding carboxylic acids is 3. The third-order valence-corrected chi connectivity index (χ3v) is 4.03. The highest BCUT2D eigenvalue weighted by molar-refractivity contribution is 6.54. The number of fused-ring (bicyclic) bond motifs is 1. The van der Waals surface area contributed by atoms with E-state index in [1.54, 1.807) is 13.1 Å². The number of anilines is 1. The van der Waals surface area contributed by atoms with Gasteiger partial charge in [0, 0.05) is 12.6 Å². The summed E-state index contributed by atoms with van der Waals surface area (Å²) in [4.78, 5) is 42.2. The van der Waals surface area contributed by atoms with Gasteiger partial charge in [-0.3, -0.25) is 4.79 Å². The lowest BCUT2D eigenvalue weighted by Gasteiger charge is -2.07. The third-order valence-electron chi connectivity index (χ3n) is 4.03. The van der Waals surface area contributed by atoms with Gasteiger partial charge in [-0.25, -0.2) is 14.6 Å². The lowest BCUT2D eigenvalue weighted by Crippen LogP contribution is -2.25. The van der Waals surface area contributed by atoms with E-state index < -0.39 is 11.9 Å². The molecule has 0 bridgehead atoms. The smallest absolute Gasteiger partial charge is 0.337 e. The molecule has 132 valence electrons. The Bertz CT molecular complexity index is 914. The number of ether oxygens (including phenoxy) is 2. The maximum atomic E-state index is 12.5. The van der Waals surface area contributed by atoms with E-state index in [-0.39, 0.29) is 28.4 Å². The molecule has 1 heterocycles. The molecule has 0 saturated heterocycles. The van der Waals surface area contributed by atoms with Gasteiger partial charge in [0.15, 0.2) is 0 Å². The summed E-state index contributed by atoms with van der Waals surface area (Å²) in [5.74, 6) is -1.51. The van der Waals surface area contributed by atoms with E-state index in [1.807, 2.05) is 18.2 Å². The molecule has 0 N–H and O–H groups in total. The minimum Gasteiger partial charge on any atom is -0.465 e. The van der Waals surface area contributed by atoms with Crippen molar-refractivity contribution in [1.82, 2.24) is 0 Å². The van der Waals surface area contributed by atoms with Crippen LogP contribution in [0.2, 0.25) is 0 Å². The lowest BCUT2D eigenvalue weighted by molar-refractivity contribution is -0.111. The molecule has 2 aromatic rings. The first-order chi connectivity index (χ1) is 12.5. The summed E-state index contributed by atoms with van der Waals surface area (Å²) >= 11 is 0. The first-order valence-corrected chi connectivity index (χ1v) is 7.74. The Morgan fingerprint density at radius 2 is 1.54 bits per heavy atom. The van der Waals surface area contributed by atoms with Gasteiger partial charge in [0.1, 0.15) is 5.71 Å². The summed E-state index contributed by atoms with van der Waals surface area (Å²) in [5.41, 5.74) is 2.23. The van der Waals surface area contributed by atoms with E-state index in [1.165, 1.54) is 37.3 Å². The van der Waals surface area contributed by atoms with Crippen molar-refractivity contribution in [2.75, 3.05) is 26.2 Å². The molecule has 0 spiro atoms. The summed E-state index contributed by atoms with van der Waals surface area (Å²) < 4.78 is 9.42. The Kier molecular flexibility index (Phi) is 4.53. The Morgan fingerprint density at radius 1 is 0.962 bits per heavy atom. The summed E-state index contributed by atoms with van der Waals surface area (Å²) in [6.45, 7) is 0. The molecule has 0 aromatic heterocycles. The summed E-state index contributed by atoms with van der Waals surface area (Å²) in [6, 6.07) is 11.5. The fraction of sp³-hybridized carbons (Fsp3) is 0.158. The molecular formula is C19H16N2O5. The number of aliphatic imine (C=N–C) groups is 1. The van der Waals surface area contributed by atoms with Crippen molar-refractivity contribution in [3.8, 4) is 0 Å². The van der Waals surface area contributed by atoms with Crippen LogP contribution in [0.25, 0.3) is 0 Å². The van der Waals surface area contributed by atoms with E-state index in [0.29, 0.717) is 5.56 Å². The monoisotopic (exact) mass is 352 g/mol. The second kappa shape index (κ2) is 6.79. The van der Waals surface area contributed by atoms with Crippen LogP contribution in [0.1, 0.15) is 26.3 Å². The van der Waals surface area contributed by atoms with Gasteiger partial charge >= 0.3 is 11.9 Å². The van der Waals surface area contributed by atoms with Crippen molar-refractivity contribution in [2.24, 2.45) is 4.99 Å². The average molecular weight is 352 g/mol. The standard InChI is InChI=1S/C19H16N2O5/c1-21-15-7-5-4-6-14(15)16(17(21)22)20-13-9-11(18(23)25-2)8-12(10-13)19(24)26-3/h4-10H,1-3H3. The average Bonchev–Trinajstić information content (AvgIpc) is 2.91. The number of carbonyl (C=O) groups is 3. The zero-order valence-electron chi connectivity index (χ0n) is 14.5. The maximum Gasteiger partial charge on any atom is 0.337 e. The minimum absolute atomic E-state index is 0.141. The molecule has 7 heteroatoms. The summed E-state index contributed by atoms with van der Waals surface area (Å²) in [5, 5.41) is 0. The second-order valence-electron chi connectivity index (χ2n) is 5.59. The SMILES string of the molecule is COC(=O)c1cc(N=C2C(=O)N(C)c3ccccc32)cc(C(=O)OC)c1. The van der Waals surface area contributed by atoms with Crippen molar-refractivity contribution in [2.45, 2.75) is 0 Å². The van der Waals surface area contributed by atoms with Gasteiger partial charge in [-0.05, 0) is 24.3 Å². The highest BCUT2D eigenvalue weighted by Gasteiger charge is 2.31. The quantitative estimate of drug-likeness (QED) is 0.792. The van der Waals surface area contributed by atoms with E-state index in [0.717, 1.165) is 5.69 Å². The van der Waals surface area contributed by atoms with Gasteiger partial charge in [0.05, 0.1) is 36.7 Å².